The summed E-state index contributed by atoms with van der Waals surface area (Å²) in [6, 6.07) is 12.2. The Morgan fingerprint density at radius 2 is 1.63 bits per heavy atom. The fourth-order valence-corrected chi connectivity index (χ4v) is 2.59. The van der Waals surface area contributed by atoms with E-state index in [1.807, 2.05) is 0 Å². The van der Waals surface area contributed by atoms with Crippen molar-refractivity contribution in [2.45, 2.75) is 0 Å². The maximum atomic E-state index is 12.4. The third-order valence-corrected chi connectivity index (χ3v) is 4.14. The number of hydrogen-bond donors (Lipinski definition) is 2. The van der Waals surface area contributed by atoms with Crippen LogP contribution in [0.2, 0.25) is 0 Å². The number of aromatic amines is 1. The minimum Gasteiger partial charge on any atom is -0.497 e. The molecule has 0 spiro atoms. The number of hydrazone groups is 1. The first kappa shape index (κ1) is 20.6. The molecule has 3 aromatic rings. The van der Waals surface area contributed by atoms with Gasteiger partial charge in [0, 0.05) is 23.4 Å². The van der Waals surface area contributed by atoms with Gasteiger partial charge < -0.3 is 19.2 Å². The largest absolute Gasteiger partial charge is 0.497 e. The molecule has 3 rings (SSSR count). The van der Waals surface area contributed by atoms with Crippen LogP contribution in [0.25, 0.3) is 11.3 Å². The van der Waals surface area contributed by atoms with E-state index in [-0.39, 0.29) is 5.69 Å². The molecule has 0 aliphatic heterocycles. The van der Waals surface area contributed by atoms with Crippen LogP contribution in [0.1, 0.15) is 16.1 Å². The van der Waals surface area contributed by atoms with E-state index in [1.165, 1.54) is 26.6 Å². The van der Waals surface area contributed by atoms with Gasteiger partial charge in [-0.25, -0.2) is 10.4 Å². The lowest BCUT2D eigenvalue weighted by atomic mass is 10.1. The summed E-state index contributed by atoms with van der Waals surface area (Å²) in [5.74, 6) is 1.10. The van der Waals surface area contributed by atoms with Gasteiger partial charge in [0.15, 0.2) is 5.69 Å². The van der Waals surface area contributed by atoms with E-state index in [1.54, 1.807) is 49.6 Å². The molecule has 9 heteroatoms. The molecule has 1 amide bonds. The Morgan fingerprint density at radius 1 is 1.00 bits per heavy atom. The van der Waals surface area contributed by atoms with Crippen molar-refractivity contribution in [3.63, 3.8) is 0 Å². The third-order valence-electron chi connectivity index (χ3n) is 4.14. The van der Waals surface area contributed by atoms with Gasteiger partial charge in [-0.1, -0.05) is 0 Å². The SMILES string of the molecule is COc1ccc(-c2c[nH]c(=O)c(C(=O)N/N=C/c3cc(OC)cc(OC)c3)n2)cc1. The number of methoxy groups -OCH3 is 3. The molecule has 0 saturated heterocycles. The maximum absolute atomic E-state index is 12.4. The van der Waals surface area contributed by atoms with Crippen LogP contribution in [-0.2, 0) is 0 Å². The predicted molar refractivity (Wildman–Crippen MR) is 111 cm³/mol. The normalized spacial score (nSPS) is 10.6. The first-order valence-corrected chi connectivity index (χ1v) is 8.84. The first-order valence-electron chi connectivity index (χ1n) is 8.84. The van der Waals surface area contributed by atoms with Gasteiger partial charge in [0.2, 0.25) is 0 Å². The van der Waals surface area contributed by atoms with Gasteiger partial charge in [0.1, 0.15) is 17.2 Å². The molecule has 154 valence electrons. The van der Waals surface area contributed by atoms with Crippen LogP contribution in [0.3, 0.4) is 0 Å². The highest BCUT2D eigenvalue weighted by molar-refractivity contribution is 5.93. The summed E-state index contributed by atoms with van der Waals surface area (Å²) in [6.07, 6.45) is 2.84. The number of aromatic nitrogens is 2. The first-order chi connectivity index (χ1) is 14.5. The summed E-state index contributed by atoms with van der Waals surface area (Å²) in [4.78, 5) is 31.2. The molecular formula is C21H20N4O5. The van der Waals surface area contributed by atoms with Crippen molar-refractivity contribution in [2.24, 2.45) is 5.10 Å². The van der Waals surface area contributed by atoms with E-state index in [9.17, 15) is 9.59 Å². The van der Waals surface area contributed by atoms with Gasteiger partial charge in [-0.3, -0.25) is 9.59 Å². The Balaban J connectivity index is 1.78. The average Bonchev–Trinajstić information content (AvgIpc) is 2.79. The average molecular weight is 408 g/mol. The number of carbonyl (C=O) groups is 1. The minimum absolute atomic E-state index is 0.302. The second-order valence-electron chi connectivity index (χ2n) is 6.04. The molecule has 0 aliphatic carbocycles. The quantitative estimate of drug-likeness (QED) is 0.458. The lowest BCUT2D eigenvalue weighted by Gasteiger charge is -2.06. The monoisotopic (exact) mass is 408 g/mol. The Bertz CT molecular complexity index is 1100. The predicted octanol–water partition coefficient (Wildman–Crippen LogP) is 2.23. The molecule has 0 fully saturated rings. The number of H-pyrrole nitrogens is 1. The number of carbonyl (C=O) groups excluding carboxylic acids is 1. The van der Waals surface area contributed by atoms with Crippen molar-refractivity contribution in [1.82, 2.24) is 15.4 Å². The molecule has 1 aromatic heterocycles. The van der Waals surface area contributed by atoms with E-state index in [4.69, 9.17) is 14.2 Å². The Kier molecular flexibility index (Phi) is 6.43. The van der Waals surface area contributed by atoms with E-state index in [0.29, 0.717) is 34.1 Å². The van der Waals surface area contributed by atoms with Crippen LogP contribution in [0.5, 0.6) is 17.2 Å². The van der Waals surface area contributed by atoms with Crippen LogP contribution in [0.4, 0.5) is 0 Å². The van der Waals surface area contributed by atoms with Crippen molar-refractivity contribution >= 4 is 12.1 Å². The van der Waals surface area contributed by atoms with E-state index < -0.39 is 11.5 Å². The van der Waals surface area contributed by atoms with Crippen molar-refractivity contribution < 1.29 is 19.0 Å². The third kappa shape index (κ3) is 4.82. The highest BCUT2D eigenvalue weighted by Crippen LogP contribution is 2.21. The van der Waals surface area contributed by atoms with E-state index in [0.717, 1.165) is 0 Å². The smallest absolute Gasteiger partial charge is 0.295 e. The fraction of sp³-hybridized carbons (Fsp3) is 0.143. The molecule has 9 nitrogen and oxygen atoms in total. The summed E-state index contributed by atoms with van der Waals surface area (Å²) < 4.78 is 15.5. The molecule has 0 unspecified atom stereocenters. The molecule has 0 radical (unpaired) electrons. The van der Waals surface area contributed by atoms with E-state index >= 15 is 0 Å². The number of amides is 1. The standard InChI is InChI=1S/C21H20N4O5/c1-28-15-6-4-14(5-7-15)18-12-22-20(26)19(24-18)21(27)25-23-11-13-8-16(29-2)10-17(9-13)30-3/h4-12H,1-3H3,(H,22,26)(H,25,27)/b23-11+. The molecule has 0 bridgehead atoms. The highest BCUT2D eigenvalue weighted by atomic mass is 16.5. The molecule has 2 N–H and O–H groups in total. The number of hydrogen-bond acceptors (Lipinski definition) is 7. The van der Waals surface area contributed by atoms with Crippen molar-refractivity contribution in [3.05, 3.63) is 70.3 Å². The molecule has 2 aromatic carbocycles. The second kappa shape index (κ2) is 9.37. The molecule has 0 aliphatic rings. The summed E-state index contributed by atoms with van der Waals surface area (Å²) in [6.45, 7) is 0. The second-order valence-corrected chi connectivity index (χ2v) is 6.04. The zero-order chi connectivity index (χ0) is 21.5. The fourth-order valence-electron chi connectivity index (χ4n) is 2.59. The molecule has 0 saturated carbocycles. The van der Waals surface area contributed by atoms with Gasteiger partial charge in [-0.05, 0) is 36.4 Å². The van der Waals surface area contributed by atoms with Crippen molar-refractivity contribution in [3.8, 4) is 28.5 Å². The number of rotatable bonds is 7. The van der Waals surface area contributed by atoms with Gasteiger partial charge in [0.05, 0.1) is 33.2 Å². The van der Waals surface area contributed by atoms with Crippen molar-refractivity contribution in [1.29, 1.82) is 0 Å². The zero-order valence-electron chi connectivity index (χ0n) is 16.6. The number of benzene rings is 2. The zero-order valence-corrected chi connectivity index (χ0v) is 16.6. The highest BCUT2D eigenvalue weighted by Gasteiger charge is 2.14. The van der Waals surface area contributed by atoms with Crippen LogP contribution >= 0.6 is 0 Å². The van der Waals surface area contributed by atoms with Crippen LogP contribution in [0.15, 0.2) is 58.6 Å². The molecule has 1 heterocycles. The van der Waals surface area contributed by atoms with Gasteiger partial charge in [-0.15, -0.1) is 0 Å². The van der Waals surface area contributed by atoms with E-state index in [2.05, 4.69) is 20.5 Å². The summed E-state index contributed by atoms with van der Waals surface area (Å²) in [7, 11) is 4.63. The van der Waals surface area contributed by atoms with Gasteiger partial charge in [-0.2, -0.15) is 5.10 Å². The molecule has 0 atom stereocenters. The Morgan fingerprint density at radius 3 is 2.23 bits per heavy atom. The lowest BCUT2D eigenvalue weighted by Crippen LogP contribution is -2.28. The van der Waals surface area contributed by atoms with Crippen LogP contribution in [-0.4, -0.2) is 43.4 Å². The molecular weight excluding hydrogens is 388 g/mol. The number of nitrogens with one attached hydrogen (secondary N) is 2. The topological polar surface area (TPSA) is 115 Å². The summed E-state index contributed by atoms with van der Waals surface area (Å²) in [5, 5.41) is 3.89. The van der Waals surface area contributed by atoms with Crippen molar-refractivity contribution in [2.75, 3.05) is 21.3 Å². The Hall–Kier alpha value is -4.14. The summed E-state index contributed by atoms with van der Waals surface area (Å²) in [5.41, 5.74) is 3.17. The van der Waals surface area contributed by atoms with Crippen LogP contribution < -0.4 is 25.2 Å². The van der Waals surface area contributed by atoms with Gasteiger partial charge >= 0.3 is 0 Å². The summed E-state index contributed by atoms with van der Waals surface area (Å²) >= 11 is 0. The maximum Gasteiger partial charge on any atom is 0.295 e. The number of nitrogens with zero attached hydrogens (tertiary/aromatic N) is 2. The van der Waals surface area contributed by atoms with Crippen LogP contribution in [0, 0.1) is 0 Å². The van der Waals surface area contributed by atoms with Gasteiger partial charge in [0.25, 0.3) is 11.5 Å². The molecule has 30 heavy (non-hydrogen) atoms. The minimum atomic E-state index is -0.738. The number of ether oxygens (including phenoxy) is 3. The Labute approximate surface area is 172 Å². The lowest BCUT2D eigenvalue weighted by molar-refractivity contribution is 0.0948.